The third-order valence-corrected chi connectivity index (χ3v) is 1.70. The molecule has 0 aliphatic carbocycles. The molecule has 1 atom stereocenters. The van der Waals surface area contributed by atoms with Crippen molar-refractivity contribution in [3.05, 3.63) is 29.8 Å². The van der Waals surface area contributed by atoms with E-state index in [0.29, 0.717) is 17.9 Å². The molecule has 1 N–H and O–H groups in total. The Kier molecular flexibility index (Phi) is 3.71. The Bertz CT molecular complexity index is 263. The molecule has 13 heavy (non-hydrogen) atoms. The first-order chi connectivity index (χ1) is 6.27. The van der Waals surface area contributed by atoms with Crippen LogP contribution >= 0.6 is 0 Å². The van der Waals surface area contributed by atoms with E-state index >= 15 is 0 Å². The zero-order valence-corrected chi connectivity index (χ0v) is 7.53. The number of aliphatic hydroxyl groups is 1. The molecular formula is C10H13FO2. The standard InChI is InChI=1S/C10H13FO2/c1-2-13-9-5-3-4-8(6-9)10(12)7-11/h3-6,10,12H,2,7H2,1H3. The van der Waals surface area contributed by atoms with Crippen LogP contribution in [-0.4, -0.2) is 18.4 Å². The van der Waals surface area contributed by atoms with Crippen molar-refractivity contribution >= 4 is 0 Å². The van der Waals surface area contributed by atoms with Gasteiger partial charge in [-0.3, -0.25) is 0 Å². The van der Waals surface area contributed by atoms with E-state index < -0.39 is 12.8 Å². The van der Waals surface area contributed by atoms with Crippen molar-refractivity contribution in [3.8, 4) is 5.75 Å². The van der Waals surface area contributed by atoms with Gasteiger partial charge < -0.3 is 9.84 Å². The van der Waals surface area contributed by atoms with Crippen molar-refractivity contribution in [1.82, 2.24) is 0 Å². The number of benzene rings is 1. The molecule has 0 aromatic heterocycles. The van der Waals surface area contributed by atoms with Gasteiger partial charge in [-0.25, -0.2) is 4.39 Å². The minimum atomic E-state index is -1.04. The summed E-state index contributed by atoms with van der Waals surface area (Å²) in [7, 11) is 0. The number of alkyl halides is 1. The molecule has 0 radical (unpaired) electrons. The minimum Gasteiger partial charge on any atom is -0.494 e. The Balaban J connectivity index is 2.78. The average Bonchev–Trinajstić information content (AvgIpc) is 2.18. The molecule has 1 aromatic carbocycles. The molecule has 0 heterocycles. The van der Waals surface area contributed by atoms with Gasteiger partial charge in [0.2, 0.25) is 0 Å². The maximum Gasteiger partial charge on any atom is 0.119 e. The summed E-state index contributed by atoms with van der Waals surface area (Å²) in [4.78, 5) is 0. The van der Waals surface area contributed by atoms with Crippen molar-refractivity contribution in [2.75, 3.05) is 13.3 Å². The summed E-state index contributed by atoms with van der Waals surface area (Å²) in [6.07, 6.45) is -1.04. The van der Waals surface area contributed by atoms with Crippen LogP contribution in [-0.2, 0) is 0 Å². The summed E-state index contributed by atoms with van der Waals surface area (Å²) in [5, 5.41) is 9.19. The van der Waals surface area contributed by atoms with E-state index in [9.17, 15) is 9.50 Å². The lowest BCUT2D eigenvalue weighted by Gasteiger charge is -2.08. The van der Waals surface area contributed by atoms with E-state index in [1.807, 2.05) is 6.92 Å². The molecule has 3 heteroatoms. The highest BCUT2D eigenvalue weighted by molar-refractivity contribution is 5.29. The molecule has 0 aliphatic rings. The molecule has 0 saturated carbocycles. The quantitative estimate of drug-likeness (QED) is 0.776. The van der Waals surface area contributed by atoms with E-state index in [4.69, 9.17) is 4.74 Å². The van der Waals surface area contributed by atoms with Crippen molar-refractivity contribution in [2.24, 2.45) is 0 Å². The minimum absolute atomic E-state index is 0.549. The topological polar surface area (TPSA) is 29.5 Å². The molecule has 72 valence electrons. The molecule has 0 aliphatic heterocycles. The highest BCUT2D eigenvalue weighted by Crippen LogP contribution is 2.19. The Morgan fingerprint density at radius 3 is 2.92 bits per heavy atom. The lowest BCUT2D eigenvalue weighted by atomic mass is 10.1. The van der Waals surface area contributed by atoms with Crippen molar-refractivity contribution in [1.29, 1.82) is 0 Å². The van der Waals surface area contributed by atoms with Crippen molar-refractivity contribution in [3.63, 3.8) is 0 Å². The lowest BCUT2D eigenvalue weighted by molar-refractivity contribution is 0.141. The summed E-state index contributed by atoms with van der Waals surface area (Å²) >= 11 is 0. The second kappa shape index (κ2) is 4.82. The highest BCUT2D eigenvalue weighted by Gasteiger charge is 2.06. The molecule has 0 amide bonds. The van der Waals surface area contributed by atoms with Crippen LogP contribution in [0.2, 0.25) is 0 Å². The Hall–Kier alpha value is -1.09. The van der Waals surface area contributed by atoms with E-state index in [1.54, 1.807) is 24.3 Å². The Morgan fingerprint density at radius 2 is 2.31 bits per heavy atom. The predicted molar refractivity (Wildman–Crippen MR) is 48.5 cm³/mol. The fourth-order valence-corrected chi connectivity index (χ4v) is 1.07. The summed E-state index contributed by atoms with van der Waals surface area (Å²) < 4.78 is 17.3. The summed E-state index contributed by atoms with van der Waals surface area (Å²) in [6, 6.07) is 6.83. The first-order valence-electron chi connectivity index (χ1n) is 4.24. The normalized spacial score (nSPS) is 12.5. The third-order valence-electron chi connectivity index (χ3n) is 1.70. The fourth-order valence-electron chi connectivity index (χ4n) is 1.07. The maximum absolute atomic E-state index is 12.1. The van der Waals surface area contributed by atoms with Gasteiger partial charge in [0, 0.05) is 0 Å². The van der Waals surface area contributed by atoms with Crippen LogP contribution in [0, 0.1) is 0 Å². The SMILES string of the molecule is CCOc1cccc(C(O)CF)c1. The van der Waals surface area contributed by atoms with Gasteiger partial charge in [0.05, 0.1) is 6.61 Å². The van der Waals surface area contributed by atoms with Gasteiger partial charge in [-0.1, -0.05) is 12.1 Å². The van der Waals surface area contributed by atoms with Gasteiger partial charge in [-0.2, -0.15) is 0 Å². The Labute approximate surface area is 77.0 Å². The second-order valence-electron chi connectivity index (χ2n) is 2.68. The van der Waals surface area contributed by atoms with Gasteiger partial charge >= 0.3 is 0 Å². The zero-order chi connectivity index (χ0) is 9.68. The largest absolute Gasteiger partial charge is 0.494 e. The highest BCUT2D eigenvalue weighted by atomic mass is 19.1. The number of aliphatic hydroxyl groups excluding tert-OH is 1. The van der Waals surface area contributed by atoms with Crippen LogP contribution in [0.5, 0.6) is 5.75 Å². The van der Waals surface area contributed by atoms with E-state index in [2.05, 4.69) is 0 Å². The molecule has 0 saturated heterocycles. The van der Waals surface area contributed by atoms with Crippen LogP contribution in [0.15, 0.2) is 24.3 Å². The van der Waals surface area contributed by atoms with Crippen LogP contribution in [0.1, 0.15) is 18.6 Å². The first-order valence-corrected chi connectivity index (χ1v) is 4.24. The summed E-state index contributed by atoms with van der Waals surface area (Å²) in [6.45, 7) is 1.67. The predicted octanol–water partition coefficient (Wildman–Crippen LogP) is 2.09. The Morgan fingerprint density at radius 1 is 1.54 bits per heavy atom. The van der Waals surface area contributed by atoms with Crippen molar-refractivity contribution in [2.45, 2.75) is 13.0 Å². The smallest absolute Gasteiger partial charge is 0.119 e. The molecule has 1 rings (SSSR count). The van der Waals surface area contributed by atoms with Gasteiger partial charge in [0.25, 0.3) is 0 Å². The van der Waals surface area contributed by atoms with Gasteiger partial charge in [-0.15, -0.1) is 0 Å². The van der Waals surface area contributed by atoms with Crippen LogP contribution in [0.25, 0.3) is 0 Å². The number of hydrogen-bond donors (Lipinski definition) is 1. The van der Waals surface area contributed by atoms with Crippen LogP contribution < -0.4 is 4.74 Å². The second-order valence-corrected chi connectivity index (χ2v) is 2.68. The monoisotopic (exact) mass is 184 g/mol. The number of rotatable bonds is 4. The van der Waals surface area contributed by atoms with E-state index in [1.165, 1.54) is 0 Å². The third kappa shape index (κ3) is 2.70. The van der Waals surface area contributed by atoms with E-state index in [-0.39, 0.29) is 0 Å². The number of ether oxygens (including phenoxy) is 1. The summed E-state index contributed by atoms with van der Waals surface area (Å²) in [5.74, 6) is 0.660. The molecule has 0 spiro atoms. The molecule has 0 fully saturated rings. The van der Waals surface area contributed by atoms with Gasteiger partial charge in [0.1, 0.15) is 18.5 Å². The average molecular weight is 184 g/mol. The fraction of sp³-hybridized carbons (Fsp3) is 0.400. The van der Waals surface area contributed by atoms with Gasteiger partial charge in [-0.05, 0) is 24.6 Å². The first kappa shape index (κ1) is 9.99. The van der Waals surface area contributed by atoms with Gasteiger partial charge in [0.15, 0.2) is 0 Å². The van der Waals surface area contributed by atoms with E-state index in [0.717, 1.165) is 0 Å². The van der Waals surface area contributed by atoms with Crippen LogP contribution in [0.4, 0.5) is 4.39 Å². The molecule has 0 bridgehead atoms. The lowest BCUT2D eigenvalue weighted by Crippen LogP contribution is -2.00. The molecule has 1 aromatic rings. The van der Waals surface area contributed by atoms with Crippen molar-refractivity contribution < 1.29 is 14.2 Å². The molecular weight excluding hydrogens is 171 g/mol. The zero-order valence-electron chi connectivity index (χ0n) is 7.53. The van der Waals surface area contributed by atoms with Crippen LogP contribution in [0.3, 0.4) is 0 Å². The molecule has 2 nitrogen and oxygen atoms in total. The number of halogens is 1. The summed E-state index contributed by atoms with van der Waals surface area (Å²) in [5.41, 5.74) is 0.549. The maximum atomic E-state index is 12.1. The molecule has 1 unspecified atom stereocenters. The number of hydrogen-bond acceptors (Lipinski definition) is 2.